The second-order valence-electron chi connectivity index (χ2n) is 2.54. The van der Waals surface area contributed by atoms with Crippen LogP contribution in [0.2, 0.25) is 0 Å². The first-order valence-electron chi connectivity index (χ1n) is 3.85. The molecular weight excluding hydrogens is 184 g/mol. The molecule has 0 aliphatic heterocycles. The maximum absolute atomic E-state index is 9.07. The molecule has 2 rings (SSSR count). The Morgan fingerprint density at radius 1 is 1.08 bits per heavy atom. The van der Waals surface area contributed by atoms with Crippen LogP contribution in [0, 0.1) is 0 Å². The number of rotatable bonds is 2. The lowest BCUT2D eigenvalue weighted by Gasteiger charge is -2.00. The Hall–Kier alpha value is -1.48. The van der Waals surface area contributed by atoms with Gasteiger partial charge in [0.05, 0.1) is 0 Å². The van der Waals surface area contributed by atoms with Crippen molar-refractivity contribution in [2.24, 2.45) is 0 Å². The largest absolute Gasteiger partial charge is 0.499 e. The molecule has 2 aromatic rings. The molecule has 0 amide bonds. The highest BCUT2D eigenvalue weighted by atomic mass is 32.1. The van der Waals surface area contributed by atoms with Gasteiger partial charge in [0.2, 0.25) is 0 Å². The highest BCUT2D eigenvalue weighted by Gasteiger charge is 1.99. The second-order valence-corrected chi connectivity index (χ2v) is 3.43. The maximum atomic E-state index is 9.07. The van der Waals surface area contributed by atoms with E-state index in [9.17, 15) is 0 Å². The molecule has 0 aliphatic carbocycles. The third kappa shape index (κ3) is 2.00. The molecule has 1 aromatic heterocycles. The SMILES string of the molecule is Oc1cc(Oc2ccccc2)cs1. The summed E-state index contributed by atoms with van der Waals surface area (Å²) in [5.41, 5.74) is 0. The molecule has 1 aromatic carbocycles. The van der Waals surface area contributed by atoms with E-state index >= 15 is 0 Å². The van der Waals surface area contributed by atoms with Crippen molar-refractivity contribution in [3.8, 4) is 16.6 Å². The molecule has 0 aliphatic rings. The smallest absolute Gasteiger partial charge is 0.174 e. The summed E-state index contributed by atoms with van der Waals surface area (Å²) in [4.78, 5) is 0. The van der Waals surface area contributed by atoms with Gasteiger partial charge in [-0.05, 0) is 12.1 Å². The number of hydrogen-bond acceptors (Lipinski definition) is 3. The first-order chi connectivity index (χ1) is 6.34. The molecule has 66 valence electrons. The highest BCUT2D eigenvalue weighted by Crippen LogP contribution is 2.30. The number of thiophene rings is 1. The van der Waals surface area contributed by atoms with Gasteiger partial charge in [0.15, 0.2) is 5.06 Å². The normalized spacial score (nSPS) is 9.85. The maximum Gasteiger partial charge on any atom is 0.174 e. The van der Waals surface area contributed by atoms with Gasteiger partial charge < -0.3 is 9.84 Å². The molecule has 1 heterocycles. The molecule has 0 atom stereocenters. The van der Waals surface area contributed by atoms with E-state index in [1.165, 1.54) is 11.3 Å². The van der Waals surface area contributed by atoms with E-state index in [1.807, 2.05) is 30.3 Å². The van der Waals surface area contributed by atoms with Crippen LogP contribution in [-0.2, 0) is 0 Å². The minimum Gasteiger partial charge on any atom is -0.499 e. The fraction of sp³-hybridized carbons (Fsp3) is 0. The molecule has 13 heavy (non-hydrogen) atoms. The van der Waals surface area contributed by atoms with E-state index in [4.69, 9.17) is 9.84 Å². The van der Waals surface area contributed by atoms with Gasteiger partial charge in [-0.3, -0.25) is 0 Å². The summed E-state index contributed by atoms with van der Waals surface area (Å²) in [5.74, 6) is 1.45. The molecule has 1 N–H and O–H groups in total. The molecule has 0 bridgehead atoms. The lowest BCUT2D eigenvalue weighted by atomic mass is 10.3. The summed E-state index contributed by atoms with van der Waals surface area (Å²) in [7, 11) is 0. The average Bonchev–Trinajstić information content (AvgIpc) is 2.53. The summed E-state index contributed by atoms with van der Waals surface area (Å²) in [6.07, 6.45) is 0. The monoisotopic (exact) mass is 192 g/mol. The molecule has 0 saturated heterocycles. The van der Waals surface area contributed by atoms with Crippen LogP contribution in [0.3, 0.4) is 0 Å². The van der Waals surface area contributed by atoms with Gasteiger partial charge in [-0.15, -0.1) is 11.3 Å². The van der Waals surface area contributed by atoms with E-state index in [1.54, 1.807) is 11.4 Å². The Morgan fingerprint density at radius 2 is 1.85 bits per heavy atom. The van der Waals surface area contributed by atoms with Gasteiger partial charge in [-0.1, -0.05) is 18.2 Å². The lowest BCUT2D eigenvalue weighted by Crippen LogP contribution is -1.79. The lowest BCUT2D eigenvalue weighted by molar-refractivity contribution is 0.469. The molecule has 3 heteroatoms. The van der Waals surface area contributed by atoms with Crippen molar-refractivity contribution in [3.63, 3.8) is 0 Å². The van der Waals surface area contributed by atoms with Gasteiger partial charge in [0.25, 0.3) is 0 Å². The number of aromatic hydroxyl groups is 1. The van der Waals surface area contributed by atoms with Crippen LogP contribution in [0.5, 0.6) is 16.6 Å². The van der Waals surface area contributed by atoms with Crippen LogP contribution in [0.1, 0.15) is 0 Å². The summed E-state index contributed by atoms with van der Waals surface area (Å²) < 4.78 is 5.45. The Kier molecular flexibility index (Phi) is 2.19. The standard InChI is InChI=1S/C10H8O2S/c11-10-6-9(7-13-10)12-8-4-2-1-3-5-8/h1-7,11H. The van der Waals surface area contributed by atoms with Gasteiger partial charge >= 0.3 is 0 Å². The average molecular weight is 192 g/mol. The van der Waals surface area contributed by atoms with Crippen molar-refractivity contribution in [1.82, 2.24) is 0 Å². The zero-order chi connectivity index (χ0) is 9.10. The molecule has 0 spiro atoms. The van der Waals surface area contributed by atoms with E-state index in [-0.39, 0.29) is 5.06 Å². The third-order valence-electron chi connectivity index (χ3n) is 1.54. The summed E-state index contributed by atoms with van der Waals surface area (Å²) >= 11 is 1.25. The Morgan fingerprint density at radius 3 is 2.46 bits per heavy atom. The number of para-hydroxylation sites is 1. The third-order valence-corrected chi connectivity index (χ3v) is 2.25. The van der Waals surface area contributed by atoms with Gasteiger partial charge in [-0.2, -0.15) is 0 Å². The van der Waals surface area contributed by atoms with E-state index in [0.717, 1.165) is 5.75 Å². The molecule has 0 fully saturated rings. The first kappa shape index (κ1) is 8.13. The zero-order valence-electron chi connectivity index (χ0n) is 6.81. The first-order valence-corrected chi connectivity index (χ1v) is 4.73. The predicted octanol–water partition coefficient (Wildman–Crippen LogP) is 3.25. The Bertz CT molecular complexity index is 381. The van der Waals surface area contributed by atoms with Crippen LogP contribution < -0.4 is 4.74 Å². The van der Waals surface area contributed by atoms with E-state index in [0.29, 0.717) is 5.75 Å². The van der Waals surface area contributed by atoms with Crippen molar-refractivity contribution in [1.29, 1.82) is 0 Å². The van der Waals surface area contributed by atoms with Gasteiger partial charge in [-0.25, -0.2) is 0 Å². The van der Waals surface area contributed by atoms with Crippen molar-refractivity contribution in [3.05, 3.63) is 41.8 Å². The summed E-state index contributed by atoms with van der Waals surface area (Å²) in [6.45, 7) is 0. The van der Waals surface area contributed by atoms with Crippen molar-refractivity contribution in [2.45, 2.75) is 0 Å². The molecular formula is C10H8O2S. The van der Waals surface area contributed by atoms with E-state index in [2.05, 4.69) is 0 Å². The van der Waals surface area contributed by atoms with Crippen molar-refractivity contribution < 1.29 is 9.84 Å². The van der Waals surface area contributed by atoms with Crippen molar-refractivity contribution in [2.75, 3.05) is 0 Å². The van der Waals surface area contributed by atoms with E-state index < -0.39 is 0 Å². The minimum atomic E-state index is 0.269. The molecule has 0 saturated carbocycles. The zero-order valence-corrected chi connectivity index (χ0v) is 7.62. The fourth-order valence-corrected chi connectivity index (χ4v) is 1.52. The predicted molar refractivity (Wildman–Crippen MR) is 52.5 cm³/mol. The number of benzene rings is 1. The van der Waals surface area contributed by atoms with Crippen LogP contribution >= 0.6 is 11.3 Å². The fourth-order valence-electron chi connectivity index (χ4n) is 0.986. The van der Waals surface area contributed by atoms with Gasteiger partial charge in [0.1, 0.15) is 11.5 Å². The number of ether oxygens (including phenoxy) is 1. The Balaban J connectivity index is 2.15. The van der Waals surface area contributed by atoms with Crippen LogP contribution in [0.25, 0.3) is 0 Å². The minimum absolute atomic E-state index is 0.269. The summed E-state index contributed by atoms with van der Waals surface area (Å²) in [5, 5.41) is 11.1. The van der Waals surface area contributed by atoms with Crippen molar-refractivity contribution >= 4 is 11.3 Å². The van der Waals surface area contributed by atoms with Crippen LogP contribution in [0.4, 0.5) is 0 Å². The highest BCUT2D eigenvalue weighted by molar-refractivity contribution is 7.12. The molecule has 0 radical (unpaired) electrons. The second kappa shape index (κ2) is 3.49. The molecule has 0 unspecified atom stereocenters. The molecule has 2 nitrogen and oxygen atoms in total. The quantitative estimate of drug-likeness (QED) is 0.791. The topological polar surface area (TPSA) is 29.5 Å². The van der Waals surface area contributed by atoms with Crippen LogP contribution in [-0.4, -0.2) is 5.11 Å². The van der Waals surface area contributed by atoms with Crippen LogP contribution in [0.15, 0.2) is 41.8 Å². The Labute approximate surface area is 80.0 Å². The number of hydrogen-bond donors (Lipinski definition) is 1. The summed E-state index contributed by atoms with van der Waals surface area (Å²) in [6, 6.07) is 11.1. The van der Waals surface area contributed by atoms with Gasteiger partial charge in [0, 0.05) is 11.4 Å².